The van der Waals surface area contributed by atoms with Gasteiger partial charge in [-0.3, -0.25) is 4.99 Å². The van der Waals surface area contributed by atoms with Crippen molar-refractivity contribution in [1.29, 1.82) is 0 Å². The van der Waals surface area contributed by atoms with Crippen LogP contribution in [0.3, 0.4) is 0 Å². The smallest absolute Gasteiger partial charge is 0.387 e. The molecule has 0 radical (unpaired) electrons. The molecule has 29 heavy (non-hydrogen) atoms. The van der Waals surface area contributed by atoms with Crippen molar-refractivity contribution in [2.24, 2.45) is 4.99 Å². The lowest BCUT2D eigenvalue weighted by Gasteiger charge is -2.22. The number of rotatable bonds is 11. The Morgan fingerprint density at radius 1 is 1.28 bits per heavy atom. The number of alkyl halides is 2. The third kappa shape index (κ3) is 8.41. The van der Waals surface area contributed by atoms with Crippen LogP contribution in [0.1, 0.15) is 31.7 Å². The summed E-state index contributed by atoms with van der Waals surface area (Å²) in [6, 6.07) is 5.06. The number of benzene rings is 1. The third-order valence-electron chi connectivity index (χ3n) is 4.37. The highest BCUT2D eigenvalue weighted by Gasteiger charge is 2.16. The van der Waals surface area contributed by atoms with Gasteiger partial charge >= 0.3 is 6.61 Å². The summed E-state index contributed by atoms with van der Waals surface area (Å²) in [4.78, 5) is 4.16. The molecule has 1 aromatic carbocycles. The van der Waals surface area contributed by atoms with Gasteiger partial charge in [-0.2, -0.15) is 8.78 Å². The Bertz CT molecular complexity index is 626. The minimum absolute atomic E-state index is 0.0390. The Labute approximate surface area is 170 Å². The van der Waals surface area contributed by atoms with Crippen molar-refractivity contribution in [3.05, 3.63) is 23.8 Å². The van der Waals surface area contributed by atoms with Crippen LogP contribution in [0.5, 0.6) is 11.5 Å². The molecule has 0 saturated carbocycles. The Hall–Kier alpha value is -2.13. The Kier molecular flexibility index (Phi) is 10.5. The molecule has 2 N–H and O–H groups in total. The van der Waals surface area contributed by atoms with Crippen LogP contribution in [0.25, 0.3) is 0 Å². The number of ether oxygens (including phenoxy) is 4. The fourth-order valence-corrected chi connectivity index (χ4v) is 2.96. The van der Waals surface area contributed by atoms with Crippen LogP contribution in [-0.4, -0.2) is 58.7 Å². The number of aliphatic imine (C=N–C) groups is 1. The number of para-hydroxylation sites is 1. The molecule has 9 heteroatoms. The highest BCUT2D eigenvalue weighted by atomic mass is 19.3. The number of halogens is 2. The van der Waals surface area contributed by atoms with E-state index in [1.54, 1.807) is 32.2 Å². The van der Waals surface area contributed by atoms with Crippen LogP contribution in [-0.2, 0) is 16.0 Å². The second-order valence-electron chi connectivity index (χ2n) is 6.44. The van der Waals surface area contributed by atoms with E-state index in [0.717, 1.165) is 32.5 Å². The summed E-state index contributed by atoms with van der Waals surface area (Å²) in [5.74, 6) is 0.901. The second-order valence-corrected chi connectivity index (χ2v) is 6.44. The van der Waals surface area contributed by atoms with E-state index in [9.17, 15) is 8.78 Å². The minimum atomic E-state index is -2.93. The van der Waals surface area contributed by atoms with Crippen LogP contribution in [0.4, 0.5) is 8.78 Å². The van der Waals surface area contributed by atoms with E-state index in [1.165, 1.54) is 0 Å². The zero-order valence-corrected chi connectivity index (χ0v) is 17.1. The molecule has 2 rings (SSSR count). The first-order chi connectivity index (χ1) is 14.1. The quantitative estimate of drug-likeness (QED) is 0.329. The predicted octanol–water partition coefficient (Wildman–Crippen LogP) is 2.94. The molecule has 1 fully saturated rings. The molecular weight excluding hydrogens is 384 g/mol. The van der Waals surface area contributed by atoms with Crippen molar-refractivity contribution in [3.63, 3.8) is 0 Å². The Balaban J connectivity index is 1.78. The fourth-order valence-electron chi connectivity index (χ4n) is 2.96. The zero-order chi connectivity index (χ0) is 20.9. The Morgan fingerprint density at radius 3 is 2.76 bits per heavy atom. The third-order valence-corrected chi connectivity index (χ3v) is 4.37. The zero-order valence-electron chi connectivity index (χ0n) is 17.1. The lowest BCUT2D eigenvalue weighted by Crippen LogP contribution is -2.37. The lowest BCUT2D eigenvalue weighted by atomic mass is 10.1. The number of nitrogens with one attached hydrogen (secondary N) is 2. The summed E-state index contributed by atoms with van der Waals surface area (Å²) < 4.78 is 46.8. The minimum Gasteiger partial charge on any atom is -0.490 e. The summed E-state index contributed by atoms with van der Waals surface area (Å²) in [6.45, 7) is 2.36. The first kappa shape index (κ1) is 23.2. The number of guanidine groups is 1. The SMILES string of the molecule is CCOc1cccc(CNC(=NC)NCCCOC2CCOCC2)c1OC(F)F. The summed E-state index contributed by atoms with van der Waals surface area (Å²) in [5, 5.41) is 6.30. The summed E-state index contributed by atoms with van der Waals surface area (Å²) in [7, 11) is 1.65. The molecule has 7 nitrogen and oxygen atoms in total. The van der Waals surface area contributed by atoms with Crippen molar-refractivity contribution >= 4 is 5.96 Å². The largest absolute Gasteiger partial charge is 0.490 e. The van der Waals surface area contributed by atoms with Crippen molar-refractivity contribution in [2.75, 3.05) is 40.0 Å². The molecule has 164 valence electrons. The average molecular weight is 415 g/mol. The summed E-state index contributed by atoms with van der Waals surface area (Å²) >= 11 is 0. The molecule has 0 aromatic heterocycles. The fraction of sp³-hybridized carbons (Fsp3) is 0.650. The van der Waals surface area contributed by atoms with Gasteiger partial charge in [0.05, 0.1) is 12.7 Å². The van der Waals surface area contributed by atoms with E-state index >= 15 is 0 Å². The molecule has 1 aromatic rings. The maximum atomic E-state index is 12.8. The van der Waals surface area contributed by atoms with E-state index in [0.29, 0.717) is 37.0 Å². The summed E-state index contributed by atoms with van der Waals surface area (Å²) in [5.41, 5.74) is 0.557. The maximum Gasteiger partial charge on any atom is 0.387 e. The number of hydrogen-bond donors (Lipinski definition) is 2. The standard InChI is InChI=1S/C20H31F2N3O4/c1-3-27-17-7-4-6-15(18(17)29-19(21)22)14-25-20(23-2)24-10-5-11-28-16-8-12-26-13-9-16/h4,6-7,16,19H,3,5,8-14H2,1-2H3,(H2,23,24,25). The molecule has 1 aliphatic rings. The maximum absolute atomic E-state index is 12.8. The topological polar surface area (TPSA) is 73.3 Å². The monoisotopic (exact) mass is 415 g/mol. The van der Waals surface area contributed by atoms with Gasteiger partial charge in [0.1, 0.15) is 0 Å². The molecular formula is C20H31F2N3O4. The van der Waals surface area contributed by atoms with E-state index in [4.69, 9.17) is 14.2 Å². The van der Waals surface area contributed by atoms with E-state index in [1.807, 2.05) is 0 Å². The van der Waals surface area contributed by atoms with Gasteiger partial charge in [-0.05, 0) is 32.3 Å². The first-order valence-corrected chi connectivity index (χ1v) is 9.97. The number of nitrogens with zero attached hydrogens (tertiary/aromatic N) is 1. The predicted molar refractivity (Wildman–Crippen MR) is 107 cm³/mol. The molecule has 0 aliphatic carbocycles. The normalized spacial score (nSPS) is 15.4. The van der Waals surface area contributed by atoms with Gasteiger partial charge < -0.3 is 29.6 Å². The van der Waals surface area contributed by atoms with Crippen LogP contribution in [0.2, 0.25) is 0 Å². The van der Waals surface area contributed by atoms with Crippen molar-refractivity contribution in [1.82, 2.24) is 10.6 Å². The van der Waals surface area contributed by atoms with E-state index < -0.39 is 6.61 Å². The van der Waals surface area contributed by atoms with Crippen LogP contribution in [0.15, 0.2) is 23.2 Å². The molecule has 0 atom stereocenters. The molecule has 0 bridgehead atoms. The average Bonchev–Trinajstić information content (AvgIpc) is 2.72. The van der Waals surface area contributed by atoms with E-state index in [-0.39, 0.29) is 18.4 Å². The van der Waals surface area contributed by atoms with Gasteiger partial charge in [0.15, 0.2) is 17.5 Å². The van der Waals surface area contributed by atoms with Gasteiger partial charge in [0, 0.05) is 45.5 Å². The molecule has 0 unspecified atom stereocenters. The van der Waals surface area contributed by atoms with Crippen LogP contribution < -0.4 is 20.1 Å². The van der Waals surface area contributed by atoms with Crippen LogP contribution in [0, 0.1) is 0 Å². The van der Waals surface area contributed by atoms with Crippen LogP contribution >= 0.6 is 0 Å². The molecule has 1 aliphatic heterocycles. The Morgan fingerprint density at radius 2 is 2.07 bits per heavy atom. The highest BCUT2D eigenvalue weighted by Crippen LogP contribution is 2.32. The molecule has 0 spiro atoms. The molecule has 0 amide bonds. The van der Waals surface area contributed by atoms with Gasteiger partial charge in [0.2, 0.25) is 0 Å². The first-order valence-electron chi connectivity index (χ1n) is 9.97. The van der Waals surface area contributed by atoms with Gasteiger partial charge in [-0.15, -0.1) is 0 Å². The van der Waals surface area contributed by atoms with Gasteiger partial charge in [-0.25, -0.2) is 0 Å². The number of hydrogen-bond acceptors (Lipinski definition) is 5. The van der Waals surface area contributed by atoms with Crippen molar-refractivity contribution < 1.29 is 27.7 Å². The second kappa shape index (κ2) is 13.2. The highest BCUT2D eigenvalue weighted by molar-refractivity contribution is 5.79. The van der Waals surface area contributed by atoms with Crippen molar-refractivity contribution in [2.45, 2.75) is 45.4 Å². The lowest BCUT2D eigenvalue weighted by molar-refractivity contribution is -0.0520. The van der Waals surface area contributed by atoms with Gasteiger partial charge in [-0.1, -0.05) is 12.1 Å². The summed E-state index contributed by atoms with van der Waals surface area (Å²) in [6.07, 6.45) is 3.01. The molecule has 1 saturated heterocycles. The van der Waals surface area contributed by atoms with E-state index in [2.05, 4.69) is 20.4 Å². The molecule has 1 heterocycles. The van der Waals surface area contributed by atoms with Crippen molar-refractivity contribution in [3.8, 4) is 11.5 Å². The van der Waals surface area contributed by atoms with Gasteiger partial charge in [0.25, 0.3) is 0 Å².